The zero-order valence-electron chi connectivity index (χ0n) is 15.7. The zero-order chi connectivity index (χ0) is 19.2. The van der Waals surface area contributed by atoms with Crippen molar-refractivity contribution in [3.8, 4) is 0 Å². The van der Waals surface area contributed by atoms with Crippen LogP contribution in [0.4, 0.5) is 5.69 Å². The van der Waals surface area contributed by atoms with Crippen LogP contribution in [0.2, 0.25) is 0 Å². The van der Waals surface area contributed by atoms with Gasteiger partial charge in [-0.1, -0.05) is 35.5 Å². The standard InChI is InChI=1S/C19H25N5O2S/c1-13-6-8-15(9-7-13)21-17(26)19-23-22-18(27-19)16(25)20-10-12-24-11-4-3-5-14(24)2/h6-9,14H,3-5,10-12H2,1-2H3,(H,20,25)(H,21,26). The Bertz CT molecular complexity index is 790. The Balaban J connectivity index is 1.49. The van der Waals surface area contributed by atoms with Crippen LogP contribution in [0.5, 0.6) is 0 Å². The van der Waals surface area contributed by atoms with Gasteiger partial charge >= 0.3 is 0 Å². The topological polar surface area (TPSA) is 87.2 Å². The van der Waals surface area contributed by atoms with E-state index >= 15 is 0 Å². The Kier molecular flexibility index (Phi) is 6.52. The highest BCUT2D eigenvalue weighted by Crippen LogP contribution is 2.16. The summed E-state index contributed by atoms with van der Waals surface area (Å²) in [6.07, 6.45) is 3.71. The van der Waals surface area contributed by atoms with E-state index in [0.29, 0.717) is 18.3 Å². The highest BCUT2D eigenvalue weighted by atomic mass is 32.1. The van der Waals surface area contributed by atoms with Gasteiger partial charge in [0.2, 0.25) is 10.0 Å². The number of hydrogen-bond donors (Lipinski definition) is 2. The lowest BCUT2D eigenvalue weighted by atomic mass is 10.0. The third-order valence-electron chi connectivity index (χ3n) is 4.75. The molecule has 8 heteroatoms. The second-order valence-corrected chi connectivity index (χ2v) is 7.85. The Labute approximate surface area is 163 Å². The number of nitrogens with one attached hydrogen (secondary N) is 2. The lowest BCUT2D eigenvalue weighted by Crippen LogP contribution is -2.42. The SMILES string of the molecule is Cc1ccc(NC(=O)c2nnc(C(=O)NCCN3CCCCC3C)s2)cc1. The minimum atomic E-state index is -0.363. The van der Waals surface area contributed by atoms with Gasteiger partial charge in [0.1, 0.15) is 0 Å². The summed E-state index contributed by atoms with van der Waals surface area (Å²) in [6.45, 7) is 6.68. The number of piperidine rings is 1. The molecule has 1 aliphatic heterocycles. The Morgan fingerprint density at radius 3 is 2.56 bits per heavy atom. The van der Waals surface area contributed by atoms with Gasteiger partial charge in [0, 0.05) is 24.8 Å². The molecule has 1 fully saturated rings. The molecule has 0 spiro atoms. The van der Waals surface area contributed by atoms with E-state index in [-0.39, 0.29) is 21.8 Å². The minimum absolute atomic E-state index is 0.172. The summed E-state index contributed by atoms with van der Waals surface area (Å²) in [5, 5.41) is 13.7. The molecule has 1 saturated heterocycles. The quantitative estimate of drug-likeness (QED) is 0.796. The van der Waals surface area contributed by atoms with E-state index in [2.05, 4.69) is 32.7 Å². The number of aryl methyl sites for hydroxylation is 1. The summed E-state index contributed by atoms with van der Waals surface area (Å²) in [5.41, 5.74) is 1.80. The van der Waals surface area contributed by atoms with Crippen LogP contribution in [0.1, 0.15) is 51.4 Å². The first-order chi connectivity index (χ1) is 13.0. The van der Waals surface area contributed by atoms with Gasteiger partial charge in [0.25, 0.3) is 11.8 Å². The van der Waals surface area contributed by atoms with Crippen molar-refractivity contribution in [1.82, 2.24) is 20.4 Å². The molecule has 2 heterocycles. The number of benzene rings is 1. The maximum absolute atomic E-state index is 12.3. The number of carbonyl (C=O) groups is 2. The summed E-state index contributed by atoms with van der Waals surface area (Å²) in [5.74, 6) is -0.649. The van der Waals surface area contributed by atoms with Crippen molar-refractivity contribution in [2.75, 3.05) is 25.0 Å². The maximum atomic E-state index is 12.3. The number of rotatable bonds is 6. The Hall–Kier alpha value is -2.32. The first-order valence-electron chi connectivity index (χ1n) is 9.26. The van der Waals surface area contributed by atoms with Crippen molar-refractivity contribution in [2.45, 2.75) is 39.2 Å². The number of nitrogens with zero attached hydrogens (tertiary/aromatic N) is 3. The van der Waals surface area contributed by atoms with E-state index in [0.717, 1.165) is 30.0 Å². The van der Waals surface area contributed by atoms with Gasteiger partial charge in [-0.2, -0.15) is 0 Å². The fourth-order valence-electron chi connectivity index (χ4n) is 3.11. The fourth-order valence-corrected chi connectivity index (χ4v) is 3.76. The molecular formula is C19H25N5O2S. The zero-order valence-corrected chi connectivity index (χ0v) is 16.5. The van der Waals surface area contributed by atoms with E-state index < -0.39 is 0 Å². The number of hydrogen-bond acceptors (Lipinski definition) is 6. The van der Waals surface area contributed by atoms with Crippen LogP contribution in [0.3, 0.4) is 0 Å². The molecule has 27 heavy (non-hydrogen) atoms. The lowest BCUT2D eigenvalue weighted by Gasteiger charge is -2.33. The van der Waals surface area contributed by atoms with E-state index in [1.165, 1.54) is 19.3 Å². The van der Waals surface area contributed by atoms with Gasteiger partial charge in [-0.05, 0) is 45.4 Å². The van der Waals surface area contributed by atoms with Gasteiger partial charge in [0.05, 0.1) is 0 Å². The molecule has 0 bridgehead atoms. The van der Waals surface area contributed by atoms with Gasteiger partial charge in [-0.25, -0.2) is 0 Å². The summed E-state index contributed by atoms with van der Waals surface area (Å²) in [6, 6.07) is 8.04. The van der Waals surface area contributed by atoms with Crippen LogP contribution in [-0.2, 0) is 0 Å². The maximum Gasteiger partial charge on any atom is 0.286 e. The number of amides is 2. The molecule has 3 rings (SSSR count). The first-order valence-corrected chi connectivity index (χ1v) is 10.1. The molecule has 0 radical (unpaired) electrons. The van der Waals surface area contributed by atoms with Crippen molar-refractivity contribution in [3.05, 3.63) is 39.8 Å². The predicted molar refractivity (Wildman–Crippen MR) is 106 cm³/mol. The van der Waals surface area contributed by atoms with Crippen molar-refractivity contribution in [3.63, 3.8) is 0 Å². The monoisotopic (exact) mass is 387 g/mol. The average molecular weight is 388 g/mol. The van der Waals surface area contributed by atoms with Crippen LogP contribution < -0.4 is 10.6 Å². The fraction of sp³-hybridized carbons (Fsp3) is 0.474. The molecule has 0 aliphatic carbocycles. The normalized spacial score (nSPS) is 17.5. The van der Waals surface area contributed by atoms with Crippen LogP contribution in [0.15, 0.2) is 24.3 Å². The van der Waals surface area contributed by atoms with E-state index in [9.17, 15) is 9.59 Å². The van der Waals surface area contributed by atoms with Crippen molar-refractivity contribution < 1.29 is 9.59 Å². The molecule has 1 aromatic carbocycles. The number of carbonyl (C=O) groups excluding carboxylic acids is 2. The van der Waals surface area contributed by atoms with Gasteiger partial charge in [-0.3, -0.25) is 14.5 Å². The number of aromatic nitrogens is 2. The lowest BCUT2D eigenvalue weighted by molar-refractivity contribution is 0.0936. The molecule has 0 saturated carbocycles. The van der Waals surface area contributed by atoms with Crippen molar-refractivity contribution >= 4 is 28.8 Å². The number of likely N-dealkylation sites (tertiary alicyclic amines) is 1. The summed E-state index contributed by atoms with van der Waals surface area (Å²) >= 11 is 0.998. The second kappa shape index (κ2) is 9.05. The molecule has 144 valence electrons. The molecule has 1 aromatic heterocycles. The van der Waals surface area contributed by atoms with E-state index in [1.54, 1.807) is 0 Å². The third-order valence-corrected chi connectivity index (χ3v) is 5.67. The molecule has 1 unspecified atom stereocenters. The van der Waals surface area contributed by atoms with Gasteiger partial charge < -0.3 is 10.6 Å². The number of anilines is 1. The van der Waals surface area contributed by atoms with Crippen LogP contribution in [0.25, 0.3) is 0 Å². The van der Waals surface area contributed by atoms with Crippen molar-refractivity contribution in [2.24, 2.45) is 0 Å². The van der Waals surface area contributed by atoms with Crippen LogP contribution in [0, 0.1) is 6.92 Å². The van der Waals surface area contributed by atoms with Crippen LogP contribution in [-0.4, -0.2) is 52.6 Å². The summed E-state index contributed by atoms with van der Waals surface area (Å²) in [7, 11) is 0. The van der Waals surface area contributed by atoms with Gasteiger partial charge in [0.15, 0.2) is 0 Å². The predicted octanol–water partition coefficient (Wildman–Crippen LogP) is 2.70. The summed E-state index contributed by atoms with van der Waals surface area (Å²) in [4.78, 5) is 26.9. The second-order valence-electron chi connectivity index (χ2n) is 6.87. The molecule has 1 aliphatic rings. The largest absolute Gasteiger partial charge is 0.349 e. The van der Waals surface area contributed by atoms with Crippen molar-refractivity contribution in [1.29, 1.82) is 0 Å². The minimum Gasteiger partial charge on any atom is -0.349 e. The molecule has 7 nitrogen and oxygen atoms in total. The average Bonchev–Trinajstić information content (AvgIpc) is 3.15. The third kappa shape index (κ3) is 5.33. The summed E-state index contributed by atoms with van der Waals surface area (Å²) < 4.78 is 0. The highest BCUT2D eigenvalue weighted by Gasteiger charge is 2.20. The van der Waals surface area contributed by atoms with Crippen LogP contribution >= 0.6 is 11.3 Å². The molecule has 1 atom stereocenters. The smallest absolute Gasteiger partial charge is 0.286 e. The first kappa shape index (κ1) is 19.4. The van der Waals surface area contributed by atoms with E-state index in [1.807, 2.05) is 31.2 Å². The van der Waals surface area contributed by atoms with Gasteiger partial charge in [-0.15, -0.1) is 10.2 Å². The molecular weight excluding hydrogens is 362 g/mol. The Morgan fingerprint density at radius 1 is 1.15 bits per heavy atom. The Morgan fingerprint density at radius 2 is 1.85 bits per heavy atom. The highest BCUT2D eigenvalue weighted by molar-refractivity contribution is 7.15. The molecule has 2 N–H and O–H groups in total. The van der Waals surface area contributed by atoms with E-state index in [4.69, 9.17) is 0 Å². The molecule has 2 aromatic rings. The molecule has 2 amide bonds.